The van der Waals surface area contributed by atoms with Gasteiger partial charge in [-0.1, -0.05) is 12.1 Å². The first-order valence-electron chi connectivity index (χ1n) is 4.97. The van der Waals surface area contributed by atoms with E-state index in [1.807, 2.05) is 18.2 Å². The second kappa shape index (κ2) is 3.71. The van der Waals surface area contributed by atoms with E-state index in [9.17, 15) is 0 Å². The molecule has 0 bridgehead atoms. The molecule has 1 aromatic rings. The van der Waals surface area contributed by atoms with E-state index in [0.717, 1.165) is 5.75 Å². The Morgan fingerprint density at radius 1 is 1.43 bits per heavy atom. The summed E-state index contributed by atoms with van der Waals surface area (Å²) >= 11 is 0. The van der Waals surface area contributed by atoms with Crippen LogP contribution in [0, 0.1) is 17.2 Å². The number of para-hydroxylation sites is 1. The van der Waals surface area contributed by atoms with Crippen LogP contribution >= 0.6 is 0 Å². The lowest BCUT2D eigenvalue weighted by Gasteiger charge is -2.14. The molecule has 72 valence electrons. The molecule has 0 heterocycles. The summed E-state index contributed by atoms with van der Waals surface area (Å²) in [6.07, 6.45) is 2.76. The van der Waals surface area contributed by atoms with Crippen molar-refractivity contribution in [1.82, 2.24) is 0 Å². The van der Waals surface area contributed by atoms with Crippen LogP contribution in [0.4, 0.5) is 0 Å². The van der Waals surface area contributed by atoms with Crippen LogP contribution in [0.3, 0.4) is 0 Å². The summed E-state index contributed by atoms with van der Waals surface area (Å²) in [5, 5.41) is 8.86. The van der Waals surface area contributed by atoms with Crippen LogP contribution in [0.1, 0.15) is 25.3 Å². The van der Waals surface area contributed by atoms with Crippen molar-refractivity contribution in [2.75, 3.05) is 0 Å². The van der Waals surface area contributed by atoms with Gasteiger partial charge in [-0.05, 0) is 37.8 Å². The molecule has 1 aliphatic rings. The maximum atomic E-state index is 8.86. The fraction of sp³-hybridized carbons (Fsp3) is 0.417. The second-order valence-electron chi connectivity index (χ2n) is 3.77. The van der Waals surface area contributed by atoms with Crippen LogP contribution < -0.4 is 4.74 Å². The first-order valence-corrected chi connectivity index (χ1v) is 4.97. The van der Waals surface area contributed by atoms with Gasteiger partial charge in [-0.15, -0.1) is 0 Å². The molecular weight excluding hydrogens is 174 g/mol. The van der Waals surface area contributed by atoms with Gasteiger partial charge in [-0.3, -0.25) is 0 Å². The summed E-state index contributed by atoms with van der Waals surface area (Å²) in [5.41, 5.74) is 0.625. The van der Waals surface area contributed by atoms with Crippen LogP contribution in [0.15, 0.2) is 24.3 Å². The van der Waals surface area contributed by atoms with E-state index in [-0.39, 0.29) is 6.10 Å². The van der Waals surface area contributed by atoms with Crippen molar-refractivity contribution in [2.24, 2.45) is 5.92 Å². The van der Waals surface area contributed by atoms with Gasteiger partial charge in [0.05, 0.1) is 11.7 Å². The van der Waals surface area contributed by atoms with Gasteiger partial charge in [-0.2, -0.15) is 5.26 Å². The summed E-state index contributed by atoms with van der Waals surface area (Å²) in [5.74, 6) is 1.41. The zero-order valence-corrected chi connectivity index (χ0v) is 8.23. The third-order valence-corrected chi connectivity index (χ3v) is 2.61. The normalized spacial score (nSPS) is 17.1. The summed E-state index contributed by atoms with van der Waals surface area (Å²) in [7, 11) is 0. The third kappa shape index (κ3) is 1.88. The monoisotopic (exact) mass is 187 g/mol. The second-order valence-corrected chi connectivity index (χ2v) is 3.77. The van der Waals surface area contributed by atoms with Crippen LogP contribution in [0.5, 0.6) is 5.75 Å². The Labute approximate surface area is 84.1 Å². The van der Waals surface area contributed by atoms with Crippen molar-refractivity contribution in [3.05, 3.63) is 29.8 Å². The highest BCUT2D eigenvalue weighted by molar-refractivity contribution is 5.42. The maximum absolute atomic E-state index is 8.86. The number of ether oxygens (including phenoxy) is 1. The lowest BCUT2D eigenvalue weighted by molar-refractivity contribution is 0.197. The van der Waals surface area contributed by atoms with Gasteiger partial charge in [0.1, 0.15) is 11.8 Å². The minimum absolute atomic E-state index is 0.240. The summed E-state index contributed by atoms with van der Waals surface area (Å²) in [6.45, 7) is 2.08. The fourth-order valence-electron chi connectivity index (χ4n) is 1.52. The lowest BCUT2D eigenvalue weighted by atomic mass is 10.2. The molecule has 0 aromatic heterocycles. The standard InChI is InChI=1S/C12H13NO/c1-9(10-6-7-10)14-12-5-3-2-4-11(12)8-13/h2-5,9-10H,6-7H2,1H3. The van der Waals surface area contributed by atoms with Crippen molar-refractivity contribution in [1.29, 1.82) is 5.26 Å². The molecule has 1 aromatic carbocycles. The number of nitriles is 1. The number of benzene rings is 1. The largest absolute Gasteiger partial charge is 0.489 e. The molecule has 0 spiro atoms. The van der Waals surface area contributed by atoms with Gasteiger partial charge in [0, 0.05) is 0 Å². The molecular formula is C12H13NO. The van der Waals surface area contributed by atoms with Gasteiger partial charge in [0.25, 0.3) is 0 Å². The predicted octanol–water partition coefficient (Wildman–Crippen LogP) is 2.74. The molecule has 1 unspecified atom stereocenters. The Morgan fingerprint density at radius 3 is 2.79 bits per heavy atom. The Balaban J connectivity index is 2.11. The molecule has 2 rings (SSSR count). The van der Waals surface area contributed by atoms with E-state index in [1.165, 1.54) is 12.8 Å². The molecule has 1 fully saturated rings. The highest BCUT2D eigenvalue weighted by atomic mass is 16.5. The Morgan fingerprint density at radius 2 is 2.14 bits per heavy atom. The highest BCUT2D eigenvalue weighted by Crippen LogP contribution is 2.35. The van der Waals surface area contributed by atoms with Gasteiger partial charge in [0.15, 0.2) is 0 Å². The smallest absolute Gasteiger partial charge is 0.137 e. The Kier molecular flexibility index (Phi) is 2.41. The topological polar surface area (TPSA) is 33.0 Å². The average Bonchev–Trinajstić information content (AvgIpc) is 3.02. The molecule has 0 N–H and O–H groups in total. The quantitative estimate of drug-likeness (QED) is 0.728. The van der Waals surface area contributed by atoms with E-state index in [4.69, 9.17) is 10.00 Å². The minimum Gasteiger partial charge on any atom is -0.489 e. The number of nitrogens with zero attached hydrogens (tertiary/aromatic N) is 1. The van der Waals surface area contributed by atoms with Crippen molar-refractivity contribution >= 4 is 0 Å². The SMILES string of the molecule is CC(Oc1ccccc1C#N)C1CC1. The summed E-state index contributed by atoms with van der Waals surface area (Å²) < 4.78 is 5.74. The number of rotatable bonds is 3. The fourth-order valence-corrected chi connectivity index (χ4v) is 1.52. The molecule has 0 saturated heterocycles. The van der Waals surface area contributed by atoms with Crippen LogP contribution in [0.25, 0.3) is 0 Å². The molecule has 0 radical (unpaired) electrons. The lowest BCUT2D eigenvalue weighted by Crippen LogP contribution is -2.14. The highest BCUT2D eigenvalue weighted by Gasteiger charge is 2.29. The van der Waals surface area contributed by atoms with E-state index in [1.54, 1.807) is 6.07 Å². The average molecular weight is 187 g/mol. The molecule has 2 nitrogen and oxygen atoms in total. The molecule has 14 heavy (non-hydrogen) atoms. The van der Waals surface area contributed by atoms with Crippen molar-refractivity contribution in [3.63, 3.8) is 0 Å². The molecule has 2 heteroatoms. The van der Waals surface area contributed by atoms with E-state index in [0.29, 0.717) is 11.5 Å². The van der Waals surface area contributed by atoms with E-state index in [2.05, 4.69) is 13.0 Å². The molecule has 1 atom stereocenters. The Hall–Kier alpha value is -1.49. The Bertz CT molecular complexity index is 363. The zero-order chi connectivity index (χ0) is 9.97. The number of hydrogen-bond acceptors (Lipinski definition) is 2. The van der Waals surface area contributed by atoms with Crippen LogP contribution in [0.2, 0.25) is 0 Å². The first kappa shape index (κ1) is 9.08. The zero-order valence-electron chi connectivity index (χ0n) is 8.23. The van der Waals surface area contributed by atoms with Gasteiger partial charge in [-0.25, -0.2) is 0 Å². The first-order chi connectivity index (χ1) is 6.81. The van der Waals surface area contributed by atoms with Gasteiger partial charge in [0.2, 0.25) is 0 Å². The van der Waals surface area contributed by atoms with Crippen molar-refractivity contribution in [3.8, 4) is 11.8 Å². The van der Waals surface area contributed by atoms with Crippen molar-refractivity contribution in [2.45, 2.75) is 25.9 Å². The summed E-state index contributed by atoms with van der Waals surface area (Å²) in [6, 6.07) is 9.53. The van der Waals surface area contributed by atoms with E-state index < -0.39 is 0 Å². The third-order valence-electron chi connectivity index (χ3n) is 2.61. The minimum atomic E-state index is 0.240. The van der Waals surface area contributed by atoms with Crippen LogP contribution in [-0.2, 0) is 0 Å². The molecule has 0 amide bonds. The van der Waals surface area contributed by atoms with Crippen LogP contribution in [-0.4, -0.2) is 6.10 Å². The molecule has 1 aliphatic carbocycles. The predicted molar refractivity (Wildman–Crippen MR) is 54.0 cm³/mol. The van der Waals surface area contributed by atoms with Crippen molar-refractivity contribution < 1.29 is 4.74 Å². The maximum Gasteiger partial charge on any atom is 0.137 e. The number of hydrogen-bond donors (Lipinski definition) is 0. The van der Waals surface area contributed by atoms with Gasteiger partial charge >= 0.3 is 0 Å². The summed E-state index contributed by atoms with van der Waals surface area (Å²) in [4.78, 5) is 0. The molecule has 1 saturated carbocycles. The molecule has 0 aliphatic heterocycles. The van der Waals surface area contributed by atoms with E-state index >= 15 is 0 Å². The van der Waals surface area contributed by atoms with Gasteiger partial charge < -0.3 is 4.74 Å².